The van der Waals surface area contributed by atoms with Crippen LogP contribution in [0.5, 0.6) is 0 Å². The molecule has 0 aromatic heterocycles. The van der Waals surface area contributed by atoms with Crippen LogP contribution < -0.4 is 10.6 Å². The Balaban J connectivity index is 1.90. The number of nitrogens with zero attached hydrogens (tertiary/aromatic N) is 1. The van der Waals surface area contributed by atoms with Crippen LogP contribution in [-0.2, 0) is 14.3 Å². The fourth-order valence-corrected chi connectivity index (χ4v) is 4.61. The molecular weight excluding hydrogens is 489 g/mol. The first-order valence-corrected chi connectivity index (χ1v) is 12.0. The molecule has 6 nitrogen and oxygen atoms in total. The summed E-state index contributed by atoms with van der Waals surface area (Å²) in [7, 11) is 0. The van der Waals surface area contributed by atoms with E-state index >= 15 is 0 Å². The maximum Gasteiger partial charge on any atom is 0.337 e. The van der Waals surface area contributed by atoms with E-state index in [4.69, 9.17) is 16.3 Å². The third kappa shape index (κ3) is 6.13. The molecule has 9 heteroatoms. The van der Waals surface area contributed by atoms with Crippen molar-refractivity contribution >= 4 is 40.9 Å². The second kappa shape index (κ2) is 11.7. The van der Waals surface area contributed by atoms with Gasteiger partial charge in [-0.1, -0.05) is 60.3 Å². The van der Waals surface area contributed by atoms with E-state index in [-0.39, 0.29) is 35.0 Å². The highest BCUT2D eigenvalue weighted by atomic mass is 35.5. The second-order valence-electron chi connectivity index (χ2n) is 7.66. The molecule has 0 spiro atoms. The van der Waals surface area contributed by atoms with Gasteiger partial charge in [0.1, 0.15) is 12.4 Å². The fourth-order valence-electron chi connectivity index (χ4n) is 3.53. The van der Waals surface area contributed by atoms with Gasteiger partial charge in [-0.05, 0) is 37.6 Å². The van der Waals surface area contributed by atoms with Gasteiger partial charge >= 0.3 is 5.97 Å². The monoisotopic (exact) mass is 511 g/mol. The number of esters is 1. The number of halogens is 2. The molecule has 0 fully saturated rings. The van der Waals surface area contributed by atoms with Gasteiger partial charge in [-0.3, -0.25) is 4.79 Å². The lowest BCUT2D eigenvalue weighted by Crippen LogP contribution is -2.30. The third-order valence-electron chi connectivity index (χ3n) is 5.22. The highest BCUT2D eigenvalue weighted by Crippen LogP contribution is 2.41. The highest BCUT2D eigenvalue weighted by molar-refractivity contribution is 8.03. The second-order valence-corrected chi connectivity index (χ2v) is 9.05. The largest absolute Gasteiger partial charge is 0.458 e. The molecule has 35 heavy (non-hydrogen) atoms. The molecule has 1 aliphatic rings. The maximum absolute atomic E-state index is 14.8. The standard InChI is InChI=1S/C26H23ClFN3O3S/c1-4-11-34-26(33)23-16(3)30-25(19(13-29)24(23)18-7-5-6-8-21(18)28)35-14-22(32)31-17-10-9-15(2)20(27)12-17/h4-10,12,24,30H,1,11,14H2,2-3H3,(H,31,32)/t24-/m0/s1. The van der Waals surface area contributed by atoms with Crippen molar-refractivity contribution in [2.45, 2.75) is 19.8 Å². The van der Waals surface area contributed by atoms with Gasteiger partial charge in [-0.2, -0.15) is 5.26 Å². The van der Waals surface area contributed by atoms with Crippen molar-refractivity contribution in [2.75, 3.05) is 17.7 Å². The zero-order valence-electron chi connectivity index (χ0n) is 19.2. The van der Waals surface area contributed by atoms with E-state index in [1.54, 1.807) is 31.2 Å². The Morgan fingerprint density at radius 1 is 1.31 bits per heavy atom. The van der Waals surface area contributed by atoms with E-state index in [0.717, 1.165) is 17.3 Å². The number of nitrogens with one attached hydrogen (secondary N) is 2. The lowest BCUT2D eigenvalue weighted by atomic mass is 9.82. The number of anilines is 1. The number of thioether (sulfide) groups is 1. The van der Waals surface area contributed by atoms with E-state index in [1.165, 1.54) is 24.3 Å². The minimum absolute atomic E-state index is 0.0317. The van der Waals surface area contributed by atoms with Crippen molar-refractivity contribution in [1.82, 2.24) is 5.32 Å². The number of allylic oxidation sites excluding steroid dienone is 2. The van der Waals surface area contributed by atoms with Crippen molar-refractivity contribution in [3.05, 3.63) is 99.0 Å². The molecule has 1 heterocycles. The molecule has 0 saturated carbocycles. The van der Waals surface area contributed by atoms with Crippen LogP contribution in [0.2, 0.25) is 5.02 Å². The number of nitriles is 1. The van der Waals surface area contributed by atoms with Crippen LogP contribution in [0.15, 0.2) is 77.0 Å². The molecular formula is C26H23ClFN3O3S. The number of carbonyl (C=O) groups excluding carboxylic acids is 2. The van der Waals surface area contributed by atoms with E-state index in [0.29, 0.717) is 21.4 Å². The van der Waals surface area contributed by atoms with Crippen LogP contribution in [0.25, 0.3) is 0 Å². The molecule has 3 rings (SSSR count). The summed E-state index contributed by atoms with van der Waals surface area (Å²) in [5.74, 6) is -2.60. The summed E-state index contributed by atoms with van der Waals surface area (Å²) >= 11 is 7.20. The first-order valence-electron chi connectivity index (χ1n) is 10.6. The topological polar surface area (TPSA) is 91.2 Å². The normalized spacial score (nSPS) is 15.2. The van der Waals surface area contributed by atoms with Crippen molar-refractivity contribution in [3.8, 4) is 6.07 Å². The van der Waals surface area contributed by atoms with Crippen molar-refractivity contribution < 1.29 is 18.7 Å². The third-order valence-corrected chi connectivity index (χ3v) is 6.64. The van der Waals surface area contributed by atoms with Crippen molar-refractivity contribution in [1.29, 1.82) is 5.26 Å². The first-order chi connectivity index (χ1) is 16.8. The van der Waals surface area contributed by atoms with Crippen LogP contribution in [-0.4, -0.2) is 24.2 Å². The Hall–Kier alpha value is -3.54. The van der Waals surface area contributed by atoms with E-state index in [9.17, 15) is 19.2 Å². The van der Waals surface area contributed by atoms with E-state index < -0.39 is 17.7 Å². The van der Waals surface area contributed by atoms with Crippen LogP contribution in [0.3, 0.4) is 0 Å². The van der Waals surface area contributed by atoms with Crippen LogP contribution >= 0.6 is 23.4 Å². The summed E-state index contributed by atoms with van der Waals surface area (Å²) in [6, 6.07) is 13.2. The summed E-state index contributed by atoms with van der Waals surface area (Å²) in [6.07, 6.45) is 1.42. The fraction of sp³-hybridized carbons (Fsp3) is 0.192. The minimum Gasteiger partial charge on any atom is -0.458 e. The Kier molecular flexibility index (Phi) is 8.74. The number of hydrogen-bond donors (Lipinski definition) is 2. The molecule has 0 aliphatic carbocycles. The van der Waals surface area contributed by atoms with Crippen LogP contribution in [0, 0.1) is 24.1 Å². The predicted molar refractivity (Wildman–Crippen MR) is 136 cm³/mol. The maximum atomic E-state index is 14.8. The summed E-state index contributed by atoms with van der Waals surface area (Å²) in [5, 5.41) is 16.7. The van der Waals surface area contributed by atoms with Gasteiger partial charge in [0.05, 0.1) is 33.9 Å². The van der Waals surface area contributed by atoms with Gasteiger partial charge in [0, 0.05) is 22.0 Å². The summed E-state index contributed by atoms with van der Waals surface area (Å²) < 4.78 is 20.0. The Labute approximate surface area is 212 Å². The average Bonchev–Trinajstić information content (AvgIpc) is 2.83. The molecule has 1 aliphatic heterocycles. The number of carbonyl (C=O) groups is 2. The molecule has 0 unspecified atom stereocenters. The number of ether oxygens (including phenoxy) is 1. The predicted octanol–water partition coefficient (Wildman–Crippen LogP) is 5.58. The van der Waals surface area contributed by atoms with Crippen molar-refractivity contribution in [3.63, 3.8) is 0 Å². The zero-order chi connectivity index (χ0) is 25.5. The number of amides is 1. The number of benzene rings is 2. The van der Waals surface area contributed by atoms with Gasteiger partial charge in [0.2, 0.25) is 5.91 Å². The Bertz CT molecular complexity index is 1280. The molecule has 1 amide bonds. The van der Waals surface area contributed by atoms with Gasteiger partial charge in [0.15, 0.2) is 0 Å². The molecule has 2 aromatic carbocycles. The Morgan fingerprint density at radius 2 is 2.06 bits per heavy atom. The lowest BCUT2D eigenvalue weighted by Gasteiger charge is -2.29. The number of rotatable bonds is 8. The highest BCUT2D eigenvalue weighted by Gasteiger charge is 2.37. The zero-order valence-corrected chi connectivity index (χ0v) is 20.7. The minimum atomic E-state index is -0.999. The van der Waals surface area contributed by atoms with Crippen LogP contribution in [0.4, 0.5) is 10.1 Å². The quantitative estimate of drug-likeness (QED) is 0.355. The molecule has 0 bridgehead atoms. The molecule has 2 aromatic rings. The van der Waals surface area contributed by atoms with Crippen LogP contribution in [0.1, 0.15) is 24.0 Å². The average molecular weight is 512 g/mol. The Morgan fingerprint density at radius 3 is 2.71 bits per heavy atom. The molecule has 0 saturated heterocycles. The van der Waals surface area contributed by atoms with Gasteiger partial charge in [0.25, 0.3) is 0 Å². The number of hydrogen-bond acceptors (Lipinski definition) is 6. The molecule has 180 valence electrons. The van der Waals surface area contributed by atoms with Gasteiger partial charge < -0.3 is 15.4 Å². The molecule has 1 atom stereocenters. The van der Waals surface area contributed by atoms with E-state index in [2.05, 4.69) is 23.3 Å². The SMILES string of the molecule is C=CCOC(=O)C1=C(C)NC(SCC(=O)Nc2ccc(C)c(Cl)c2)=C(C#N)[C@@H]1c1ccccc1F. The first kappa shape index (κ1) is 26.1. The van der Waals surface area contributed by atoms with Gasteiger partial charge in [-0.15, -0.1) is 0 Å². The molecule has 2 N–H and O–H groups in total. The summed E-state index contributed by atoms with van der Waals surface area (Å²) in [6.45, 7) is 7.00. The number of aryl methyl sites for hydroxylation is 1. The van der Waals surface area contributed by atoms with Gasteiger partial charge in [-0.25, -0.2) is 9.18 Å². The smallest absolute Gasteiger partial charge is 0.337 e. The summed E-state index contributed by atoms with van der Waals surface area (Å²) in [5.41, 5.74) is 2.23. The lowest BCUT2D eigenvalue weighted by molar-refractivity contribution is -0.138. The number of dihydropyridines is 1. The van der Waals surface area contributed by atoms with E-state index in [1.807, 2.05) is 6.92 Å². The van der Waals surface area contributed by atoms with Crippen molar-refractivity contribution in [2.24, 2.45) is 0 Å². The molecule has 0 radical (unpaired) electrons. The summed E-state index contributed by atoms with van der Waals surface area (Å²) in [4.78, 5) is 25.4.